The van der Waals surface area contributed by atoms with Gasteiger partial charge in [-0.2, -0.15) is 0 Å². The van der Waals surface area contributed by atoms with Gasteiger partial charge in [0.25, 0.3) is 5.56 Å². The van der Waals surface area contributed by atoms with E-state index in [0.717, 1.165) is 48.1 Å². The number of pyridine rings is 1. The number of H-pyrrole nitrogens is 1. The van der Waals surface area contributed by atoms with Crippen molar-refractivity contribution in [3.8, 4) is 5.75 Å². The molecule has 8 nitrogen and oxygen atoms in total. The molecule has 4 aromatic rings. The summed E-state index contributed by atoms with van der Waals surface area (Å²) < 4.78 is 7.31. The highest BCUT2D eigenvalue weighted by Gasteiger charge is 2.36. The van der Waals surface area contributed by atoms with Crippen LogP contribution in [0.2, 0.25) is 0 Å². The van der Waals surface area contributed by atoms with E-state index in [1.807, 2.05) is 35.0 Å². The van der Waals surface area contributed by atoms with Crippen LogP contribution in [0.15, 0.2) is 53.3 Å². The van der Waals surface area contributed by atoms with E-state index in [0.29, 0.717) is 11.4 Å². The summed E-state index contributed by atoms with van der Waals surface area (Å²) in [5, 5.41) is 13.8. The molecule has 34 heavy (non-hydrogen) atoms. The number of benzene rings is 2. The SMILES string of the molecule is CCC(C)(C)n1nnnc1C(c1cc2cc(OC)ccc2[nH]c1=O)N1CCCc2ccccc21. The minimum Gasteiger partial charge on any atom is -0.497 e. The number of nitrogens with zero attached hydrogens (tertiary/aromatic N) is 5. The van der Waals surface area contributed by atoms with Gasteiger partial charge < -0.3 is 14.6 Å². The summed E-state index contributed by atoms with van der Waals surface area (Å²) in [5.74, 6) is 1.40. The zero-order valence-corrected chi connectivity index (χ0v) is 20.1. The van der Waals surface area contributed by atoms with Crippen molar-refractivity contribution in [2.24, 2.45) is 0 Å². The fraction of sp³-hybridized carbons (Fsp3) is 0.385. The molecule has 0 aliphatic carbocycles. The number of anilines is 1. The fourth-order valence-electron chi connectivity index (χ4n) is 4.75. The lowest BCUT2D eigenvalue weighted by Gasteiger charge is -2.38. The first kappa shape index (κ1) is 22.1. The average Bonchev–Trinajstić information content (AvgIpc) is 3.35. The average molecular weight is 459 g/mol. The Balaban J connectivity index is 1.77. The molecule has 0 bridgehead atoms. The molecule has 2 aromatic heterocycles. The number of rotatable bonds is 6. The summed E-state index contributed by atoms with van der Waals surface area (Å²) in [6, 6.07) is 15.6. The van der Waals surface area contributed by atoms with Crippen LogP contribution in [0.25, 0.3) is 10.9 Å². The van der Waals surface area contributed by atoms with E-state index in [1.54, 1.807) is 7.11 Å². The number of para-hydroxylation sites is 1. The molecular formula is C26H30N6O2. The van der Waals surface area contributed by atoms with Gasteiger partial charge >= 0.3 is 0 Å². The van der Waals surface area contributed by atoms with Gasteiger partial charge in [-0.15, -0.1) is 5.10 Å². The van der Waals surface area contributed by atoms with Gasteiger partial charge in [0.1, 0.15) is 11.8 Å². The third-order valence-corrected chi connectivity index (χ3v) is 7.01. The molecule has 8 heteroatoms. The lowest BCUT2D eigenvalue weighted by molar-refractivity contribution is 0.287. The summed E-state index contributed by atoms with van der Waals surface area (Å²) in [7, 11) is 1.64. The number of methoxy groups -OCH3 is 1. The quantitative estimate of drug-likeness (QED) is 0.466. The van der Waals surface area contributed by atoms with E-state index in [1.165, 1.54) is 5.56 Å². The smallest absolute Gasteiger partial charge is 0.254 e. The van der Waals surface area contributed by atoms with Crippen molar-refractivity contribution in [3.63, 3.8) is 0 Å². The Hall–Kier alpha value is -3.68. The van der Waals surface area contributed by atoms with Gasteiger partial charge in [-0.05, 0) is 79.4 Å². The Morgan fingerprint density at radius 1 is 1.18 bits per heavy atom. The second-order valence-corrected chi connectivity index (χ2v) is 9.45. The molecule has 0 amide bonds. The van der Waals surface area contributed by atoms with Crippen molar-refractivity contribution in [2.45, 2.75) is 51.6 Å². The van der Waals surface area contributed by atoms with Gasteiger partial charge in [-0.3, -0.25) is 4.79 Å². The number of hydrogen-bond donors (Lipinski definition) is 1. The maximum atomic E-state index is 13.5. The van der Waals surface area contributed by atoms with Crippen LogP contribution in [0.4, 0.5) is 5.69 Å². The largest absolute Gasteiger partial charge is 0.497 e. The van der Waals surface area contributed by atoms with Gasteiger partial charge in [0.05, 0.1) is 12.6 Å². The summed E-state index contributed by atoms with van der Waals surface area (Å²) in [5.41, 5.74) is 3.31. The standard InChI is InChI=1S/C26H30N6O2/c1-5-26(2,3)32-24(28-29-30-32)23(31-14-8-10-17-9-6-7-11-22(17)31)20-16-18-15-19(34-4)12-13-21(18)27-25(20)33/h6-7,9,11-13,15-16,23H,5,8,10,14H2,1-4H3,(H,27,33). The third-order valence-electron chi connectivity index (χ3n) is 7.01. The first-order chi connectivity index (χ1) is 16.4. The summed E-state index contributed by atoms with van der Waals surface area (Å²) in [6.45, 7) is 7.15. The van der Waals surface area contributed by atoms with Crippen LogP contribution in [0.3, 0.4) is 0 Å². The molecular weight excluding hydrogens is 428 g/mol. The van der Waals surface area contributed by atoms with E-state index in [9.17, 15) is 4.79 Å². The van der Waals surface area contributed by atoms with Gasteiger partial charge in [-0.25, -0.2) is 4.68 Å². The highest BCUT2D eigenvalue weighted by atomic mass is 16.5. The number of aromatic nitrogens is 5. The van der Waals surface area contributed by atoms with E-state index in [2.05, 4.69) is 64.4 Å². The number of fused-ring (bicyclic) bond motifs is 2. The van der Waals surface area contributed by atoms with Crippen LogP contribution in [0.1, 0.15) is 56.6 Å². The van der Waals surface area contributed by atoms with Gasteiger partial charge in [-0.1, -0.05) is 25.1 Å². The Kier molecular flexibility index (Phi) is 5.59. The Morgan fingerprint density at radius 2 is 2.00 bits per heavy atom. The maximum Gasteiger partial charge on any atom is 0.254 e. The van der Waals surface area contributed by atoms with E-state index >= 15 is 0 Å². The lowest BCUT2D eigenvalue weighted by Crippen LogP contribution is -2.40. The van der Waals surface area contributed by atoms with Gasteiger partial charge in [0.2, 0.25) is 0 Å². The second-order valence-electron chi connectivity index (χ2n) is 9.45. The lowest BCUT2D eigenvalue weighted by atomic mass is 9.95. The Bertz CT molecular complexity index is 1390. The van der Waals surface area contributed by atoms with Crippen LogP contribution in [-0.4, -0.2) is 38.8 Å². The summed E-state index contributed by atoms with van der Waals surface area (Å²) in [6.07, 6.45) is 2.85. The maximum absolute atomic E-state index is 13.5. The second kappa shape index (κ2) is 8.59. The molecule has 1 atom stereocenters. The minimum atomic E-state index is -0.443. The van der Waals surface area contributed by atoms with Crippen molar-refractivity contribution in [1.82, 2.24) is 25.2 Å². The zero-order valence-electron chi connectivity index (χ0n) is 20.1. The molecule has 1 aliphatic heterocycles. The number of tetrazole rings is 1. The number of aryl methyl sites for hydroxylation is 1. The van der Waals surface area contributed by atoms with Crippen molar-refractivity contribution in [2.75, 3.05) is 18.6 Å². The Labute approximate surface area is 198 Å². The van der Waals surface area contributed by atoms with Crippen molar-refractivity contribution >= 4 is 16.6 Å². The highest BCUT2D eigenvalue weighted by molar-refractivity contribution is 5.81. The van der Waals surface area contributed by atoms with Crippen molar-refractivity contribution < 1.29 is 4.74 Å². The molecule has 2 aromatic carbocycles. The number of aromatic amines is 1. The van der Waals surface area contributed by atoms with Crippen molar-refractivity contribution in [1.29, 1.82) is 0 Å². The molecule has 0 radical (unpaired) electrons. The number of ether oxygens (including phenoxy) is 1. The topological polar surface area (TPSA) is 88.9 Å². The van der Waals surface area contributed by atoms with Crippen LogP contribution >= 0.6 is 0 Å². The normalized spacial score (nSPS) is 14.8. The van der Waals surface area contributed by atoms with Crippen molar-refractivity contribution in [3.05, 3.63) is 75.8 Å². The number of nitrogens with one attached hydrogen (secondary N) is 1. The number of hydrogen-bond acceptors (Lipinski definition) is 6. The fourth-order valence-corrected chi connectivity index (χ4v) is 4.75. The molecule has 0 fully saturated rings. The first-order valence-corrected chi connectivity index (χ1v) is 11.8. The minimum absolute atomic E-state index is 0.144. The van der Waals surface area contributed by atoms with Crippen LogP contribution in [0, 0.1) is 0 Å². The molecule has 0 spiro atoms. The molecule has 176 valence electrons. The van der Waals surface area contributed by atoms with Crippen LogP contribution < -0.4 is 15.2 Å². The van der Waals surface area contributed by atoms with Gasteiger partial charge in [0.15, 0.2) is 5.82 Å². The zero-order chi connectivity index (χ0) is 23.9. The monoisotopic (exact) mass is 458 g/mol. The summed E-state index contributed by atoms with van der Waals surface area (Å²) in [4.78, 5) is 18.9. The summed E-state index contributed by atoms with van der Waals surface area (Å²) >= 11 is 0. The molecule has 0 saturated heterocycles. The third kappa shape index (κ3) is 3.73. The van der Waals surface area contributed by atoms with Gasteiger partial charge in [0, 0.05) is 28.7 Å². The van der Waals surface area contributed by atoms with E-state index in [4.69, 9.17) is 4.74 Å². The Morgan fingerprint density at radius 3 is 2.79 bits per heavy atom. The molecule has 1 N–H and O–H groups in total. The molecule has 0 saturated carbocycles. The predicted octanol–water partition coefficient (Wildman–Crippen LogP) is 4.21. The highest BCUT2D eigenvalue weighted by Crippen LogP contribution is 2.38. The molecule has 3 heterocycles. The molecule has 1 unspecified atom stereocenters. The van der Waals surface area contributed by atoms with Crippen LogP contribution in [-0.2, 0) is 12.0 Å². The van der Waals surface area contributed by atoms with E-state index < -0.39 is 6.04 Å². The molecule has 1 aliphatic rings. The molecule has 5 rings (SSSR count). The van der Waals surface area contributed by atoms with Crippen LogP contribution in [0.5, 0.6) is 5.75 Å². The predicted molar refractivity (Wildman–Crippen MR) is 133 cm³/mol. The first-order valence-electron chi connectivity index (χ1n) is 11.8. The van der Waals surface area contributed by atoms with E-state index in [-0.39, 0.29) is 11.1 Å².